The van der Waals surface area contributed by atoms with E-state index in [1.165, 1.54) is 6.07 Å². The maximum atomic E-state index is 11.8. The average molecular weight is 265 g/mol. The summed E-state index contributed by atoms with van der Waals surface area (Å²) in [5, 5.41) is 12.8. The Morgan fingerprint density at radius 1 is 1.47 bits per heavy atom. The van der Waals surface area contributed by atoms with Crippen LogP contribution in [0.15, 0.2) is 12.3 Å². The predicted octanol–water partition coefficient (Wildman–Crippen LogP) is 1.74. The second kappa shape index (κ2) is 6.58. The van der Waals surface area contributed by atoms with E-state index in [1.54, 1.807) is 6.92 Å². The fourth-order valence-electron chi connectivity index (χ4n) is 1.47. The quantitative estimate of drug-likeness (QED) is 0.645. The first-order chi connectivity index (χ1) is 8.95. The third-order valence-corrected chi connectivity index (χ3v) is 2.54. The zero-order valence-corrected chi connectivity index (χ0v) is 10.8. The number of nitro groups is 1. The number of unbranched alkanes of at least 4 members (excludes halogenated alkanes) is 1. The second-order valence-corrected chi connectivity index (χ2v) is 4.10. The highest BCUT2D eigenvalue weighted by atomic mass is 16.6. The molecule has 0 aliphatic rings. The van der Waals surface area contributed by atoms with Crippen LogP contribution in [0.25, 0.3) is 0 Å². The summed E-state index contributed by atoms with van der Waals surface area (Å²) >= 11 is 0. The van der Waals surface area contributed by atoms with Crippen LogP contribution in [0, 0.1) is 17.0 Å². The molecule has 0 radical (unpaired) electrons. The van der Waals surface area contributed by atoms with Crippen LogP contribution in [0.1, 0.15) is 42.1 Å². The van der Waals surface area contributed by atoms with Gasteiger partial charge in [-0.15, -0.1) is 0 Å². The van der Waals surface area contributed by atoms with Crippen molar-refractivity contribution in [3.05, 3.63) is 33.5 Å². The lowest BCUT2D eigenvalue weighted by atomic mass is 10.1. The number of pyridine rings is 1. The van der Waals surface area contributed by atoms with Gasteiger partial charge in [-0.3, -0.25) is 14.9 Å². The lowest BCUT2D eigenvalue weighted by Crippen LogP contribution is -2.30. The minimum Gasteiger partial charge on any atom is -0.358 e. The Morgan fingerprint density at radius 2 is 2.16 bits per heavy atom. The maximum Gasteiger partial charge on any atom is 0.363 e. The molecule has 0 unspecified atom stereocenters. The van der Waals surface area contributed by atoms with Gasteiger partial charge >= 0.3 is 5.82 Å². The Morgan fingerprint density at radius 3 is 2.68 bits per heavy atom. The van der Waals surface area contributed by atoms with E-state index < -0.39 is 10.8 Å². The highest BCUT2D eigenvalue weighted by Gasteiger charge is 2.17. The number of imide groups is 1. The number of nitrogens with zero attached hydrogens (tertiary/aromatic N) is 2. The molecule has 0 aliphatic heterocycles. The van der Waals surface area contributed by atoms with Crippen LogP contribution in [0.3, 0.4) is 0 Å². The molecule has 19 heavy (non-hydrogen) atoms. The fraction of sp³-hybridized carbons (Fsp3) is 0.417. The van der Waals surface area contributed by atoms with Crippen molar-refractivity contribution in [1.82, 2.24) is 10.3 Å². The van der Waals surface area contributed by atoms with Crippen molar-refractivity contribution in [2.45, 2.75) is 33.1 Å². The predicted molar refractivity (Wildman–Crippen MR) is 67.6 cm³/mol. The van der Waals surface area contributed by atoms with Gasteiger partial charge in [-0.1, -0.05) is 13.3 Å². The number of hydrogen-bond donors (Lipinski definition) is 1. The van der Waals surface area contributed by atoms with Crippen molar-refractivity contribution in [1.29, 1.82) is 0 Å². The fourth-order valence-corrected chi connectivity index (χ4v) is 1.47. The van der Waals surface area contributed by atoms with Crippen molar-refractivity contribution in [3.8, 4) is 0 Å². The van der Waals surface area contributed by atoms with E-state index in [-0.39, 0.29) is 23.7 Å². The molecule has 1 aromatic heterocycles. The largest absolute Gasteiger partial charge is 0.363 e. The first kappa shape index (κ1) is 14.7. The molecule has 0 aromatic carbocycles. The molecule has 1 N–H and O–H groups in total. The van der Waals surface area contributed by atoms with Gasteiger partial charge in [-0.2, -0.15) is 0 Å². The molecule has 102 valence electrons. The SMILES string of the molecule is CCCCC(=O)NC(=O)c1cnc([N+](=O)[O-])cc1C. The van der Waals surface area contributed by atoms with Crippen LogP contribution in [-0.4, -0.2) is 21.7 Å². The molecular weight excluding hydrogens is 250 g/mol. The zero-order valence-electron chi connectivity index (χ0n) is 10.8. The summed E-state index contributed by atoms with van der Waals surface area (Å²) in [7, 11) is 0. The van der Waals surface area contributed by atoms with Gasteiger partial charge in [-0.05, 0) is 28.8 Å². The second-order valence-electron chi connectivity index (χ2n) is 4.10. The topological polar surface area (TPSA) is 102 Å². The molecule has 0 atom stereocenters. The van der Waals surface area contributed by atoms with Crippen molar-refractivity contribution in [2.24, 2.45) is 0 Å². The zero-order chi connectivity index (χ0) is 14.4. The molecule has 0 bridgehead atoms. The lowest BCUT2D eigenvalue weighted by Gasteiger charge is -2.04. The minimum absolute atomic E-state index is 0.162. The number of aryl methyl sites for hydroxylation is 1. The van der Waals surface area contributed by atoms with E-state index in [0.29, 0.717) is 12.0 Å². The third kappa shape index (κ3) is 4.13. The molecule has 1 aromatic rings. The van der Waals surface area contributed by atoms with Crippen LogP contribution >= 0.6 is 0 Å². The average Bonchev–Trinajstić information content (AvgIpc) is 2.35. The van der Waals surface area contributed by atoms with Crippen molar-refractivity contribution >= 4 is 17.6 Å². The van der Waals surface area contributed by atoms with E-state index >= 15 is 0 Å². The lowest BCUT2D eigenvalue weighted by molar-refractivity contribution is -0.389. The van der Waals surface area contributed by atoms with Crippen LogP contribution in [-0.2, 0) is 4.79 Å². The van der Waals surface area contributed by atoms with Gasteiger partial charge in [-0.25, -0.2) is 0 Å². The number of aromatic nitrogens is 1. The van der Waals surface area contributed by atoms with Crippen LogP contribution in [0.2, 0.25) is 0 Å². The monoisotopic (exact) mass is 265 g/mol. The minimum atomic E-state index is -0.638. The first-order valence-corrected chi connectivity index (χ1v) is 5.91. The number of nitrogens with one attached hydrogen (secondary N) is 1. The Bertz CT molecular complexity index is 514. The molecule has 7 nitrogen and oxygen atoms in total. The number of hydrogen-bond acceptors (Lipinski definition) is 5. The van der Waals surface area contributed by atoms with E-state index in [0.717, 1.165) is 12.6 Å². The number of carbonyl (C=O) groups is 2. The Hall–Kier alpha value is -2.31. The molecule has 0 saturated carbocycles. The van der Waals surface area contributed by atoms with Crippen LogP contribution in [0.4, 0.5) is 5.82 Å². The summed E-state index contributed by atoms with van der Waals surface area (Å²) < 4.78 is 0. The van der Waals surface area contributed by atoms with Gasteiger partial charge in [0.05, 0.1) is 5.56 Å². The van der Waals surface area contributed by atoms with Crippen LogP contribution in [0.5, 0.6) is 0 Å². The van der Waals surface area contributed by atoms with Gasteiger partial charge in [0, 0.05) is 12.5 Å². The Kier molecular flexibility index (Phi) is 5.11. The standard InChI is InChI=1S/C12H15N3O4/c1-3-4-5-11(16)14-12(17)9-7-13-10(15(18)19)6-8(9)2/h6-7H,3-5H2,1-2H3,(H,14,16,17). The number of amides is 2. The van der Waals surface area contributed by atoms with Gasteiger partial charge in [0.1, 0.15) is 0 Å². The van der Waals surface area contributed by atoms with Crippen molar-refractivity contribution < 1.29 is 14.5 Å². The molecule has 0 fully saturated rings. The van der Waals surface area contributed by atoms with Gasteiger partial charge < -0.3 is 10.1 Å². The third-order valence-electron chi connectivity index (χ3n) is 2.54. The molecule has 0 saturated heterocycles. The summed E-state index contributed by atoms with van der Waals surface area (Å²) in [6.45, 7) is 3.50. The molecule has 2 amide bonds. The molecule has 7 heteroatoms. The van der Waals surface area contributed by atoms with Crippen molar-refractivity contribution in [2.75, 3.05) is 0 Å². The van der Waals surface area contributed by atoms with Gasteiger partial charge in [0.15, 0.2) is 6.20 Å². The highest BCUT2D eigenvalue weighted by Crippen LogP contribution is 2.13. The van der Waals surface area contributed by atoms with Gasteiger partial charge in [0.25, 0.3) is 5.91 Å². The molecule has 0 aliphatic carbocycles. The molecule has 1 heterocycles. The Balaban J connectivity index is 2.77. The van der Waals surface area contributed by atoms with E-state index in [2.05, 4.69) is 10.3 Å². The van der Waals surface area contributed by atoms with Crippen LogP contribution < -0.4 is 5.32 Å². The Labute approximate surface area is 110 Å². The summed E-state index contributed by atoms with van der Waals surface area (Å²) in [5.41, 5.74) is 0.568. The summed E-state index contributed by atoms with van der Waals surface area (Å²) in [5.74, 6) is -1.27. The van der Waals surface area contributed by atoms with Crippen molar-refractivity contribution in [3.63, 3.8) is 0 Å². The molecule has 0 spiro atoms. The van der Waals surface area contributed by atoms with E-state index in [9.17, 15) is 19.7 Å². The van der Waals surface area contributed by atoms with E-state index in [4.69, 9.17) is 0 Å². The summed E-state index contributed by atoms with van der Waals surface area (Å²) in [6.07, 6.45) is 2.95. The normalized spacial score (nSPS) is 10.0. The van der Waals surface area contributed by atoms with Gasteiger partial charge in [0.2, 0.25) is 5.91 Å². The number of rotatable bonds is 5. The highest BCUT2D eigenvalue weighted by molar-refractivity contribution is 6.05. The first-order valence-electron chi connectivity index (χ1n) is 5.91. The summed E-state index contributed by atoms with van der Waals surface area (Å²) in [6, 6.07) is 1.20. The van der Waals surface area contributed by atoms with E-state index in [1.807, 2.05) is 6.92 Å². The molecule has 1 rings (SSSR count). The maximum absolute atomic E-state index is 11.8. The molecular formula is C12H15N3O4. The summed E-state index contributed by atoms with van der Waals surface area (Å²) in [4.78, 5) is 36.6. The number of carbonyl (C=O) groups excluding carboxylic acids is 2. The smallest absolute Gasteiger partial charge is 0.358 e.